The SMILES string of the molecule is CCCc1cc(SCC(=O)O)n(-c2ccc(OC)cc2)n1. The number of aromatic nitrogens is 2. The molecule has 1 N–H and O–H groups in total. The Morgan fingerprint density at radius 1 is 1.38 bits per heavy atom. The second kappa shape index (κ2) is 7.17. The van der Waals surface area contributed by atoms with Crippen molar-refractivity contribution in [3.8, 4) is 11.4 Å². The summed E-state index contributed by atoms with van der Waals surface area (Å²) in [5.41, 5.74) is 1.87. The average molecular weight is 306 g/mol. The number of nitrogens with zero attached hydrogens (tertiary/aromatic N) is 2. The minimum atomic E-state index is -0.834. The van der Waals surface area contributed by atoms with Gasteiger partial charge in [-0.1, -0.05) is 25.1 Å². The highest BCUT2D eigenvalue weighted by Crippen LogP contribution is 2.24. The number of hydrogen-bond acceptors (Lipinski definition) is 4. The van der Waals surface area contributed by atoms with Crippen molar-refractivity contribution in [2.24, 2.45) is 0 Å². The summed E-state index contributed by atoms with van der Waals surface area (Å²) in [7, 11) is 1.62. The molecule has 0 radical (unpaired) electrons. The smallest absolute Gasteiger partial charge is 0.313 e. The highest BCUT2D eigenvalue weighted by molar-refractivity contribution is 7.99. The number of aliphatic carboxylic acids is 1. The summed E-state index contributed by atoms with van der Waals surface area (Å²) in [6.07, 6.45) is 1.88. The zero-order valence-corrected chi connectivity index (χ0v) is 12.9. The summed E-state index contributed by atoms with van der Waals surface area (Å²) in [5.74, 6) is -0.0353. The maximum absolute atomic E-state index is 10.8. The van der Waals surface area contributed by atoms with E-state index in [0.29, 0.717) is 0 Å². The number of carboxylic acid groups (broad SMARTS) is 1. The van der Waals surface area contributed by atoms with Gasteiger partial charge in [0.2, 0.25) is 0 Å². The molecule has 0 atom stereocenters. The van der Waals surface area contributed by atoms with E-state index in [1.54, 1.807) is 11.8 Å². The number of aryl methyl sites for hydroxylation is 1. The topological polar surface area (TPSA) is 64.3 Å². The van der Waals surface area contributed by atoms with Crippen LogP contribution in [0.4, 0.5) is 0 Å². The molecule has 0 aliphatic heterocycles. The Balaban J connectivity index is 2.31. The van der Waals surface area contributed by atoms with Crippen LogP contribution in [0, 0.1) is 0 Å². The van der Waals surface area contributed by atoms with Crippen molar-refractivity contribution < 1.29 is 14.6 Å². The Labute approximate surface area is 127 Å². The predicted molar refractivity (Wildman–Crippen MR) is 82.5 cm³/mol. The molecule has 2 rings (SSSR count). The third-order valence-electron chi connectivity index (χ3n) is 2.89. The van der Waals surface area contributed by atoms with Crippen LogP contribution in [0.1, 0.15) is 19.0 Å². The van der Waals surface area contributed by atoms with Crippen molar-refractivity contribution in [1.82, 2.24) is 9.78 Å². The van der Waals surface area contributed by atoms with Crippen molar-refractivity contribution in [1.29, 1.82) is 0 Å². The number of carboxylic acids is 1. The van der Waals surface area contributed by atoms with Crippen LogP contribution in [-0.4, -0.2) is 33.7 Å². The summed E-state index contributed by atoms with van der Waals surface area (Å²) in [4.78, 5) is 10.8. The van der Waals surface area contributed by atoms with Crippen LogP contribution in [0.3, 0.4) is 0 Å². The van der Waals surface area contributed by atoms with Crippen molar-refractivity contribution in [3.05, 3.63) is 36.0 Å². The van der Waals surface area contributed by atoms with Crippen molar-refractivity contribution in [2.75, 3.05) is 12.9 Å². The molecule has 0 fully saturated rings. The van der Waals surface area contributed by atoms with Crippen LogP contribution < -0.4 is 4.74 Å². The van der Waals surface area contributed by atoms with Gasteiger partial charge in [-0.2, -0.15) is 5.10 Å². The maximum atomic E-state index is 10.8. The zero-order chi connectivity index (χ0) is 15.2. The van der Waals surface area contributed by atoms with Gasteiger partial charge >= 0.3 is 5.97 Å². The molecule has 112 valence electrons. The minimum Gasteiger partial charge on any atom is -0.497 e. The molecule has 0 unspecified atom stereocenters. The molecule has 0 aliphatic carbocycles. The van der Waals surface area contributed by atoms with Gasteiger partial charge in [-0.25, -0.2) is 4.68 Å². The Bertz CT molecular complexity index is 608. The maximum Gasteiger partial charge on any atom is 0.313 e. The monoisotopic (exact) mass is 306 g/mol. The second-order valence-electron chi connectivity index (χ2n) is 4.52. The van der Waals surface area contributed by atoms with Crippen LogP contribution in [0.2, 0.25) is 0 Å². The summed E-state index contributed by atoms with van der Waals surface area (Å²) in [6.45, 7) is 2.09. The fourth-order valence-electron chi connectivity index (χ4n) is 1.94. The lowest BCUT2D eigenvalue weighted by Gasteiger charge is -2.07. The molecule has 1 heterocycles. The standard InChI is InChI=1S/C15H18N2O3S/c1-3-4-11-9-14(21-10-15(18)19)17(16-11)12-5-7-13(20-2)8-6-12/h5-9H,3-4,10H2,1-2H3,(H,18,19). The summed E-state index contributed by atoms with van der Waals surface area (Å²) < 4.78 is 6.94. The van der Waals surface area contributed by atoms with Gasteiger partial charge in [0.05, 0.1) is 24.2 Å². The van der Waals surface area contributed by atoms with Crippen LogP contribution in [0.5, 0.6) is 5.75 Å². The number of ether oxygens (including phenoxy) is 1. The van der Waals surface area contributed by atoms with E-state index >= 15 is 0 Å². The molecule has 1 aromatic heterocycles. The van der Waals surface area contributed by atoms with Gasteiger partial charge in [0.15, 0.2) is 0 Å². The number of benzene rings is 1. The Hall–Kier alpha value is -1.95. The highest BCUT2D eigenvalue weighted by Gasteiger charge is 2.11. The molecule has 6 heteroatoms. The van der Waals surface area contributed by atoms with Crippen LogP contribution >= 0.6 is 11.8 Å². The molecule has 5 nitrogen and oxygen atoms in total. The van der Waals surface area contributed by atoms with Gasteiger partial charge in [0, 0.05) is 0 Å². The molecule has 0 saturated heterocycles. The van der Waals surface area contributed by atoms with Gasteiger partial charge < -0.3 is 9.84 Å². The second-order valence-corrected chi connectivity index (χ2v) is 5.51. The number of rotatable bonds is 7. The fraction of sp³-hybridized carbons (Fsp3) is 0.333. The molecular formula is C15H18N2O3S. The molecule has 0 saturated carbocycles. The first kappa shape index (κ1) is 15.4. The van der Waals surface area contributed by atoms with E-state index in [1.807, 2.05) is 30.3 Å². The average Bonchev–Trinajstić information content (AvgIpc) is 2.88. The molecule has 2 aromatic rings. The van der Waals surface area contributed by atoms with Gasteiger partial charge in [-0.05, 0) is 36.8 Å². The van der Waals surface area contributed by atoms with Gasteiger partial charge in [0.25, 0.3) is 0 Å². The molecule has 21 heavy (non-hydrogen) atoms. The number of methoxy groups -OCH3 is 1. The summed E-state index contributed by atoms with van der Waals surface area (Å²) in [5, 5.41) is 14.3. The van der Waals surface area contributed by atoms with Crippen molar-refractivity contribution >= 4 is 17.7 Å². The molecule has 0 spiro atoms. The van der Waals surface area contributed by atoms with Gasteiger partial charge in [0.1, 0.15) is 10.8 Å². The molecule has 1 aromatic carbocycles. The van der Waals surface area contributed by atoms with Gasteiger partial charge in [-0.3, -0.25) is 4.79 Å². The van der Waals surface area contributed by atoms with Crippen LogP contribution in [0.25, 0.3) is 5.69 Å². The lowest BCUT2D eigenvalue weighted by Crippen LogP contribution is -2.02. The minimum absolute atomic E-state index is 0.0212. The third kappa shape index (κ3) is 4.01. The highest BCUT2D eigenvalue weighted by atomic mass is 32.2. The largest absolute Gasteiger partial charge is 0.497 e. The van der Waals surface area contributed by atoms with E-state index in [9.17, 15) is 4.79 Å². The molecular weight excluding hydrogens is 288 g/mol. The molecule has 0 aliphatic rings. The number of carbonyl (C=O) groups is 1. The van der Waals surface area contributed by atoms with E-state index in [2.05, 4.69) is 12.0 Å². The quantitative estimate of drug-likeness (QED) is 0.797. The zero-order valence-electron chi connectivity index (χ0n) is 12.1. The predicted octanol–water partition coefficient (Wildman–Crippen LogP) is 3.01. The van der Waals surface area contributed by atoms with E-state index in [0.717, 1.165) is 35.0 Å². The Kier molecular flexibility index (Phi) is 5.27. The lowest BCUT2D eigenvalue weighted by atomic mass is 10.3. The first-order chi connectivity index (χ1) is 10.1. The first-order valence-corrected chi connectivity index (χ1v) is 7.70. The van der Waals surface area contributed by atoms with Crippen LogP contribution in [0.15, 0.2) is 35.4 Å². The number of thioether (sulfide) groups is 1. The van der Waals surface area contributed by atoms with E-state index < -0.39 is 5.97 Å². The van der Waals surface area contributed by atoms with Gasteiger partial charge in [-0.15, -0.1) is 0 Å². The van der Waals surface area contributed by atoms with E-state index in [1.165, 1.54) is 11.8 Å². The first-order valence-electron chi connectivity index (χ1n) is 6.72. The van der Waals surface area contributed by atoms with Crippen LogP contribution in [-0.2, 0) is 11.2 Å². The van der Waals surface area contributed by atoms with Crippen molar-refractivity contribution in [3.63, 3.8) is 0 Å². The summed E-state index contributed by atoms with van der Waals surface area (Å²) >= 11 is 1.28. The van der Waals surface area contributed by atoms with Crippen molar-refractivity contribution in [2.45, 2.75) is 24.8 Å². The molecule has 0 amide bonds. The third-order valence-corrected chi connectivity index (χ3v) is 3.87. The molecule has 0 bridgehead atoms. The van der Waals surface area contributed by atoms with E-state index in [-0.39, 0.29) is 5.75 Å². The lowest BCUT2D eigenvalue weighted by molar-refractivity contribution is -0.133. The fourth-order valence-corrected chi connectivity index (χ4v) is 2.69. The normalized spacial score (nSPS) is 10.6. The summed E-state index contributed by atoms with van der Waals surface area (Å²) in [6, 6.07) is 9.50. The number of hydrogen-bond donors (Lipinski definition) is 1. The Morgan fingerprint density at radius 2 is 2.10 bits per heavy atom. The Morgan fingerprint density at radius 3 is 2.67 bits per heavy atom. The van der Waals surface area contributed by atoms with E-state index in [4.69, 9.17) is 9.84 Å².